The van der Waals surface area contributed by atoms with E-state index in [0.29, 0.717) is 0 Å². The van der Waals surface area contributed by atoms with Crippen LogP contribution in [0.25, 0.3) is 0 Å². The molecule has 0 fully saturated rings. The average Bonchev–Trinajstić information content (AvgIpc) is 2.73. The van der Waals surface area contributed by atoms with Crippen molar-refractivity contribution in [2.45, 2.75) is 6.54 Å². The lowest BCUT2D eigenvalue weighted by Gasteiger charge is -2.05. The molecule has 0 unspecified atom stereocenters. The van der Waals surface area contributed by atoms with Crippen LogP contribution in [0.15, 0.2) is 34.9 Å². The van der Waals surface area contributed by atoms with Crippen LogP contribution in [0.5, 0.6) is 0 Å². The van der Waals surface area contributed by atoms with E-state index in [1.807, 2.05) is 18.2 Å². The summed E-state index contributed by atoms with van der Waals surface area (Å²) in [5.41, 5.74) is 2.19. The van der Waals surface area contributed by atoms with E-state index in [1.165, 1.54) is 3.57 Å². The number of nitrogens with one attached hydrogen (secondary N) is 2. The quantitative estimate of drug-likeness (QED) is 0.805. The Balaban J connectivity index is 2.02. The third-order valence-electron chi connectivity index (χ3n) is 1.96. The van der Waals surface area contributed by atoms with Crippen molar-refractivity contribution >= 4 is 44.2 Å². The molecule has 0 aliphatic heterocycles. The van der Waals surface area contributed by atoms with Gasteiger partial charge >= 0.3 is 0 Å². The van der Waals surface area contributed by atoms with Gasteiger partial charge in [-0.2, -0.15) is 5.10 Å². The van der Waals surface area contributed by atoms with E-state index in [1.54, 1.807) is 6.20 Å². The standard InChI is InChI=1S/C10H9BrIN3/c11-9-2-1-7(5-10(9)12)13-6-8-3-4-14-15-8/h1-5,13H,6H2,(H,14,15). The molecule has 0 bridgehead atoms. The van der Waals surface area contributed by atoms with Crippen LogP contribution in [-0.4, -0.2) is 10.2 Å². The molecule has 1 aromatic carbocycles. The summed E-state index contributed by atoms with van der Waals surface area (Å²) in [4.78, 5) is 0. The molecule has 0 aliphatic rings. The normalized spacial score (nSPS) is 10.3. The number of benzene rings is 1. The molecule has 0 amide bonds. The minimum absolute atomic E-state index is 0.762. The van der Waals surface area contributed by atoms with Gasteiger partial charge in [-0.25, -0.2) is 0 Å². The Bertz CT molecular complexity index is 442. The number of hydrogen-bond donors (Lipinski definition) is 2. The van der Waals surface area contributed by atoms with Crippen LogP contribution in [0.1, 0.15) is 5.69 Å². The molecule has 3 nitrogen and oxygen atoms in total. The maximum absolute atomic E-state index is 3.89. The minimum atomic E-state index is 0.762. The van der Waals surface area contributed by atoms with Gasteiger partial charge in [0.25, 0.3) is 0 Å². The third kappa shape index (κ3) is 2.94. The lowest BCUT2D eigenvalue weighted by Crippen LogP contribution is -1.99. The monoisotopic (exact) mass is 377 g/mol. The second-order valence-electron chi connectivity index (χ2n) is 3.06. The molecule has 15 heavy (non-hydrogen) atoms. The predicted octanol–water partition coefficient (Wildman–Crippen LogP) is 3.39. The zero-order valence-electron chi connectivity index (χ0n) is 7.80. The van der Waals surface area contributed by atoms with E-state index in [-0.39, 0.29) is 0 Å². The summed E-state index contributed by atoms with van der Waals surface area (Å²) < 4.78 is 2.32. The van der Waals surface area contributed by atoms with Gasteiger partial charge in [-0.15, -0.1) is 0 Å². The van der Waals surface area contributed by atoms with Crippen LogP contribution in [0.3, 0.4) is 0 Å². The van der Waals surface area contributed by atoms with Gasteiger partial charge in [0.1, 0.15) is 0 Å². The summed E-state index contributed by atoms with van der Waals surface area (Å²) in [7, 11) is 0. The van der Waals surface area contributed by atoms with Crippen molar-refractivity contribution in [3.63, 3.8) is 0 Å². The molecule has 78 valence electrons. The van der Waals surface area contributed by atoms with Gasteiger partial charge in [0.15, 0.2) is 0 Å². The van der Waals surface area contributed by atoms with Crippen molar-refractivity contribution < 1.29 is 0 Å². The molecule has 0 aliphatic carbocycles. The fourth-order valence-electron chi connectivity index (χ4n) is 1.19. The van der Waals surface area contributed by atoms with Crippen molar-refractivity contribution in [1.82, 2.24) is 10.2 Å². The fraction of sp³-hybridized carbons (Fsp3) is 0.100. The molecule has 2 N–H and O–H groups in total. The SMILES string of the molecule is Brc1ccc(NCc2ccn[nH]2)cc1I. The molecular weight excluding hydrogens is 369 g/mol. The highest BCUT2D eigenvalue weighted by molar-refractivity contribution is 14.1. The summed E-state index contributed by atoms with van der Waals surface area (Å²) in [6.07, 6.45) is 1.75. The van der Waals surface area contributed by atoms with Gasteiger partial charge in [0.05, 0.1) is 12.2 Å². The summed E-state index contributed by atoms with van der Waals surface area (Å²) in [6.45, 7) is 0.762. The van der Waals surface area contributed by atoms with E-state index in [9.17, 15) is 0 Å². The Morgan fingerprint density at radius 3 is 2.93 bits per heavy atom. The number of rotatable bonds is 3. The zero-order chi connectivity index (χ0) is 10.7. The van der Waals surface area contributed by atoms with E-state index >= 15 is 0 Å². The van der Waals surface area contributed by atoms with Crippen LogP contribution in [0.4, 0.5) is 5.69 Å². The summed E-state index contributed by atoms with van der Waals surface area (Å²) in [5.74, 6) is 0. The highest BCUT2D eigenvalue weighted by Crippen LogP contribution is 2.22. The van der Waals surface area contributed by atoms with Crippen LogP contribution >= 0.6 is 38.5 Å². The van der Waals surface area contributed by atoms with Gasteiger partial charge in [-0.3, -0.25) is 5.10 Å². The smallest absolute Gasteiger partial charge is 0.0567 e. The third-order valence-corrected chi connectivity index (χ3v) is 4.29. The van der Waals surface area contributed by atoms with Crippen molar-refractivity contribution in [3.8, 4) is 0 Å². The molecule has 0 spiro atoms. The molecule has 2 aromatic rings. The predicted molar refractivity (Wildman–Crippen MR) is 72.8 cm³/mol. The van der Waals surface area contributed by atoms with E-state index in [4.69, 9.17) is 0 Å². The Kier molecular flexibility index (Phi) is 3.63. The number of aromatic nitrogens is 2. The van der Waals surface area contributed by atoms with Crippen LogP contribution in [0, 0.1) is 3.57 Å². The minimum Gasteiger partial charge on any atom is -0.379 e. The molecule has 0 saturated heterocycles. The lowest BCUT2D eigenvalue weighted by atomic mass is 10.3. The largest absolute Gasteiger partial charge is 0.379 e. The molecule has 0 radical (unpaired) electrons. The fourth-order valence-corrected chi connectivity index (χ4v) is 1.95. The molecule has 0 saturated carbocycles. The van der Waals surface area contributed by atoms with E-state index < -0.39 is 0 Å². The summed E-state index contributed by atoms with van der Waals surface area (Å²) in [6, 6.07) is 8.14. The van der Waals surface area contributed by atoms with Gasteiger partial charge < -0.3 is 5.32 Å². The first kappa shape index (κ1) is 10.9. The number of hydrogen-bond acceptors (Lipinski definition) is 2. The maximum atomic E-state index is 3.89. The van der Waals surface area contributed by atoms with Crippen molar-refractivity contribution in [2.75, 3.05) is 5.32 Å². The topological polar surface area (TPSA) is 40.7 Å². The number of H-pyrrole nitrogens is 1. The Morgan fingerprint density at radius 1 is 1.40 bits per heavy atom. The zero-order valence-corrected chi connectivity index (χ0v) is 11.5. The first-order chi connectivity index (χ1) is 7.25. The van der Waals surface area contributed by atoms with Crippen molar-refractivity contribution in [3.05, 3.63) is 44.2 Å². The van der Waals surface area contributed by atoms with Crippen LogP contribution < -0.4 is 5.32 Å². The highest BCUT2D eigenvalue weighted by Gasteiger charge is 1.98. The van der Waals surface area contributed by atoms with Crippen LogP contribution in [0.2, 0.25) is 0 Å². The molecule has 0 atom stereocenters. The summed E-state index contributed by atoms with van der Waals surface area (Å²) in [5, 5.41) is 10.1. The number of anilines is 1. The van der Waals surface area contributed by atoms with E-state index in [2.05, 4.69) is 60.1 Å². The Hall–Kier alpha value is -0.560. The molecular formula is C10H9BrIN3. The second-order valence-corrected chi connectivity index (χ2v) is 5.08. The molecule has 1 heterocycles. The summed E-state index contributed by atoms with van der Waals surface area (Å²) >= 11 is 5.76. The van der Waals surface area contributed by atoms with E-state index in [0.717, 1.165) is 22.4 Å². The molecule has 2 rings (SSSR count). The first-order valence-electron chi connectivity index (χ1n) is 4.43. The molecule has 5 heteroatoms. The number of nitrogens with zero attached hydrogens (tertiary/aromatic N) is 1. The van der Waals surface area contributed by atoms with Crippen LogP contribution in [-0.2, 0) is 6.54 Å². The first-order valence-corrected chi connectivity index (χ1v) is 6.30. The van der Waals surface area contributed by atoms with Gasteiger partial charge in [-0.05, 0) is 62.8 Å². The number of aromatic amines is 1. The van der Waals surface area contributed by atoms with Crippen molar-refractivity contribution in [1.29, 1.82) is 0 Å². The highest BCUT2D eigenvalue weighted by atomic mass is 127. The lowest BCUT2D eigenvalue weighted by molar-refractivity contribution is 0.981. The van der Waals surface area contributed by atoms with Gasteiger partial charge in [0, 0.05) is 19.9 Å². The van der Waals surface area contributed by atoms with Gasteiger partial charge in [-0.1, -0.05) is 0 Å². The Morgan fingerprint density at radius 2 is 2.27 bits per heavy atom. The second kappa shape index (κ2) is 4.98. The maximum Gasteiger partial charge on any atom is 0.0567 e. The van der Waals surface area contributed by atoms with Crippen molar-refractivity contribution in [2.24, 2.45) is 0 Å². The Labute approximate surface area is 110 Å². The number of halogens is 2. The average molecular weight is 378 g/mol. The van der Waals surface area contributed by atoms with Gasteiger partial charge in [0.2, 0.25) is 0 Å². The molecule has 1 aromatic heterocycles.